The highest BCUT2D eigenvalue weighted by molar-refractivity contribution is 5.75. The van der Waals surface area contributed by atoms with Crippen molar-refractivity contribution < 1.29 is 14.6 Å². The third-order valence-electron chi connectivity index (χ3n) is 4.88. The average molecular weight is 304 g/mol. The summed E-state index contributed by atoms with van der Waals surface area (Å²) < 4.78 is 5.67. The first kappa shape index (κ1) is 17.0. The molecule has 0 heterocycles. The fourth-order valence-electron chi connectivity index (χ4n) is 3.46. The van der Waals surface area contributed by atoms with Gasteiger partial charge in [0, 0.05) is 12.0 Å². The molecular formula is C19H28O3. The molecule has 0 radical (unpaired) electrons. The normalized spacial score (nSPS) is 28.6. The van der Waals surface area contributed by atoms with Crippen LogP contribution < -0.4 is 0 Å². The quantitative estimate of drug-likeness (QED) is 0.865. The molecule has 1 saturated carbocycles. The van der Waals surface area contributed by atoms with E-state index in [2.05, 4.69) is 19.1 Å². The zero-order chi connectivity index (χ0) is 16.4. The molecule has 2 rings (SSSR count). The number of hydrogen-bond acceptors (Lipinski definition) is 3. The van der Waals surface area contributed by atoms with Crippen molar-refractivity contribution in [2.45, 2.75) is 46.0 Å². The van der Waals surface area contributed by atoms with E-state index in [4.69, 9.17) is 4.74 Å². The largest absolute Gasteiger partial charge is 0.464 e. The first-order valence-electron chi connectivity index (χ1n) is 8.12. The lowest BCUT2D eigenvalue weighted by Gasteiger charge is -2.31. The van der Waals surface area contributed by atoms with E-state index in [1.54, 1.807) is 0 Å². The molecule has 1 aliphatic carbocycles. The van der Waals surface area contributed by atoms with Gasteiger partial charge in [-0.15, -0.1) is 0 Å². The van der Waals surface area contributed by atoms with Crippen molar-refractivity contribution in [2.24, 2.45) is 17.3 Å². The predicted octanol–water partition coefficient (Wildman–Crippen LogP) is 3.55. The number of aliphatic hydroxyl groups excluding tert-OH is 1. The number of hydrogen-bond donors (Lipinski definition) is 1. The molecular weight excluding hydrogens is 276 g/mol. The summed E-state index contributed by atoms with van der Waals surface area (Å²) in [6, 6.07) is 10.3. The summed E-state index contributed by atoms with van der Waals surface area (Å²) in [5.41, 5.74) is 0.549. The Balaban J connectivity index is 2.23. The lowest BCUT2D eigenvalue weighted by molar-refractivity contribution is -0.155. The molecule has 0 bridgehead atoms. The van der Waals surface area contributed by atoms with Crippen LogP contribution in [0.5, 0.6) is 0 Å². The SMILES string of the molecule is C[C@H]1C[C@@](COC(=O)C(C)(C)C)(c2ccccc2)C[C@@H]1CO. The molecule has 3 nitrogen and oxygen atoms in total. The third-order valence-corrected chi connectivity index (χ3v) is 4.88. The number of carbonyl (C=O) groups excluding carboxylic acids is 1. The van der Waals surface area contributed by atoms with Crippen LogP contribution in [0.15, 0.2) is 30.3 Å². The van der Waals surface area contributed by atoms with Gasteiger partial charge in [-0.1, -0.05) is 37.3 Å². The summed E-state index contributed by atoms with van der Waals surface area (Å²) in [5, 5.41) is 9.61. The van der Waals surface area contributed by atoms with Crippen LogP contribution in [-0.4, -0.2) is 24.3 Å². The lowest BCUT2D eigenvalue weighted by atomic mass is 9.78. The maximum Gasteiger partial charge on any atom is 0.311 e. The van der Waals surface area contributed by atoms with Crippen molar-refractivity contribution in [3.8, 4) is 0 Å². The molecule has 22 heavy (non-hydrogen) atoms. The highest BCUT2D eigenvalue weighted by Crippen LogP contribution is 2.47. The Morgan fingerprint density at radius 1 is 1.27 bits per heavy atom. The van der Waals surface area contributed by atoms with E-state index in [0.29, 0.717) is 12.5 Å². The van der Waals surface area contributed by atoms with Gasteiger partial charge in [-0.3, -0.25) is 4.79 Å². The van der Waals surface area contributed by atoms with Crippen LogP contribution in [0.3, 0.4) is 0 Å². The molecule has 122 valence electrons. The van der Waals surface area contributed by atoms with E-state index in [1.807, 2.05) is 39.0 Å². The van der Waals surface area contributed by atoms with Crippen molar-refractivity contribution >= 4 is 5.97 Å². The first-order chi connectivity index (χ1) is 10.3. The Kier molecular flexibility index (Phi) is 4.96. The Hall–Kier alpha value is -1.35. The van der Waals surface area contributed by atoms with Crippen LogP contribution in [0, 0.1) is 17.3 Å². The van der Waals surface area contributed by atoms with E-state index in [0.717, 1.165) is 12.8 Å². The van der Waals surface area contributed by atoms with E-state index >= 15 is 0 Å². The Labute approximate surface area is 133 Å². The van der Waals surface area contributed by atoms with E-state index in [9.17, 15) is 9.90 Å². The topological polar surface area (TPSA) is 46.5 Å². The number of rotatable bonds is 4. The van der Waals surface area contributed by atoms with Crippen LogP contribution in [0.1, 0.15) is 46.1 Å². The summed E-state index contributed by atoms with van der Waals surface area (Å²) >= 11 is 0. The molecule has 0 saturated heterocycles. The van der Waals surface area contributed by atoms with Crippen LogP contribution in [0.4, 0.5) is 0 Å². The number of esters is 1. The highest BCUT2D eigenvalue weighted by atomic mass is 16.5. The second-order valence-electron chi connectivity index (χ2n) is 7.80. The third kappa shape index (κ3) is 3.52. The van der Waals surface area contributed by atoms with Gasteiger partial charge in [-0.25, -0.2) is 0 Å². The molecule has 1 fully saturated rings. The monoisotopic (exact) mass is 304 g/mol. The molecule has 0 spiro atoms. The molecule has 1 aliphatic rings. The number of ether oxygens (including phenoxy) is 1. The van der Waals surface area contributed by atoms with Gasteiger partial charge in [0.1, 0.15) is 6.61 Å². The highest BCUT2D eigenvalue weighted by Gasteiger charge is 2.45. The minimum atomic E-state index is -0.488. The summed E-state index contributed by atoms with van der Waals surface area (Å²) in [6.45, 7) is 8.39. The van der Waals surface area contributed by atoms with Crippen molar-refractivity contribution in [2.75, 3.05) is 13.2 Å². The zero-order valence-corrected chi connectivity index (χ0v) is 14.1. The zero-order valence-electron chi connectivity index (χ0n) is 14.1. The second kappa shape index (κ2) is 6.41. The molecule has 1 aromatic rings. The molecule has 0 amide bonds. The van der Waals surface area contributed by atoms with Crippen molar-refractivity contribution in [3.63, 3.8) is 0 Å². The molecule has 1 aromatic carbocycles. The minimum Gasteiger partial charge on any atom is -0.464 e. The summed E-state index contributed by atoms with van der Waals surface area (Å²) in [7, 11) is 0. The molecule has 0 aliphatic heterocycles. The van der Waals surface area contributed by atoms with Crippen LogP contribution >= 0.6 is 0 Å². The standard InChI is InChI=1S/C19H28O3/c1-14-10-19(11-15(14)12-20,16-8-6-5-7-9-16)13-22-17(21)18(2,3)4/h5-9,14-15,20H,10-13H2,1-4H3/t14-,15+,19+/m0/s1. The van der Waals surface area contributed by atoms with Crippen molar-refractivity contribution in [3.05, 3.63) is 35.9 Å². The van der Waals surface area contributed by atoms with Gasteiger partial charge in [0.2, 0.25) is 0 Å². The maximum atomic E-state index is 12.2. The fraction of sp³-hybridized carbons (Fsp3) is 0.632. The summed E-state index contributed by atoms with van der Waals surface area (Å²) in [6.07, 6.45) is 1.81. The molecule has 3 atom stereocenters. The number of aliphatic hydroxyl groups is 1. The predicted molar refractivity (Wildman–Crippen MR) is 87.5 cm³/mol. The Morgan fingerprint density at radius 2 is 1.91 bits per heavy atom. The molecule has 3 heteroatoms. The van der Waals surface area contributed by atoms with E-state index < -0.39 is 5.41 Å². The van der Waals surface area contributed by atoms with Crippen molar-refractivity contribution in [1.29, 1.82) is 0 Å². The lowest BCUT2D eigenvalue weighted by Crippen LogP contribution is -2.34. The molecule has 1 N–H and O–H groups in total. The maximum absolute atomic E-state index is 12.2. The van der Waals surface area contributed by atoms with Crippen LogP contribution in [0.2, 0.25) is 0 Å². The first-order valence-corrected chi connectivity index (χ1v) is 8.12. The number of carbonyl (C=O) groups is 1. The van der Waals surface area contributed by atoms with Gasteiger partial charge >= 0.3 is 5.97 Å². The van der Waals surface area contributed by atoms with Gasteiger partial charge < -0.3 is 9.84 Å². The summed E-state index contributed by atoms with van der Waals surface area (Å²) in [5.74, 6) is 0.537. The van der Waals surface area contributed by atoms with E-state index in [-0.39, 0.29) is 23.9 Å². The molecule has 0 unspecified atom stereocenters. The van der Waals surface area contributed by atoms with Gasteiger partial charge in [-0.2, -0.15) is 0 Å². The van der Waals surface area contributed by atoms with Gasteiger partial charge in [0.25, 0.3) is 0 Å². The Morgan fingerprint density at radius 3 is 2.41 bits per heavy atom. The summed E-state index contributed by atoms with van der Waals surface area (Å²) in [4.78, 5) is 12.2. The molecule has 0 aromatic heterocycles. The van der Waals surface area contributed by atoms with Gasteiger partial charge in [0.05, 0.1) is 5.41 Å². The van der Waals surface area contributed by atoms with E-state index in [1.165, 1.54) is 5.56 Å². The second-order valence-corrected chi connectivity index (χ2v) is 7.80. The minimum absolute atomic E-state index is 0.164. The fourth-order valence-corrected chi connectivity index (χ4v) is 3.46. The van der Waals surface area contributed by atoms with Crippen molar-refractivity contribution in [1.82, 2.24) is 0 Å². The van der Waals surface area contributed by atoms with Crippen LogP contribution in [-0.2, 0) is 14.9 Å². The van der Waals surface area contributed by atoms with Crippen LogP contribution in [0.25, 0.3) is 0 Å². The van der Waals surface area contributed by atoms with Gasteiger partial charge in [0.15, 0.2) is 0 Å². The number of benzene rings is 1. The smallest absolute Gasteiger partial charge is 0.311 e. The average Bonchev–Trinajstić information content (AvgIpc) is 2.82. The van der Waals surface area contributed by atoms with Gasteiger partial charge in [-0.05, 0) is 51.0 Å². The Bertz CT molecular complexity index is 503.